The van der Waals surface area contributed by atoms with Crippen LogP contribution in [0, 0.1) is 5.92 Å². The number of hydrogen-bond donors (Lipinski definition) is 2. The van der Waals surface area contributed by atoms with Gasteiger partial charge in [0.25, 0.3) is 0 Å². The predicted octanol–water partition coefficient (Wildman–Crippen LogP) is 3.18. The lowest BCUT2D eigenvalue weighted by molar-refractivity contribution is -0.134. The number of halogens is 1. The van der Waals surface area contributed by atoms with Crippen LogP contribution in [0.5, 0.6) is 0 Å². The summed E-state index contributed by atoms with van der Waals surface area (Å²) in [4.78, 5) is 28.3. The number of rotatable bonds is 7. The molecule has 1 aliphatic heterocycles. The van der Waals surface area contributed by atoms with Crippen LogP contribution in [-0.2, 0) is 9.59 Å². The van der Waals surface area contributed by atoms with Gasteiger partial charge in [-0.3, -0.25) is 14.5 Å². The van der Waals surface area contributed by atoms with Crippen LogP contribution >= 0.6 is 11.6 Å². The van der Waals surface area contributed by atoms with E-state index in [1.807, 2.05) is 30.3 Å². The number of piperidine rings is 1. The molecular weight excluding hydrogens is 402 g/mol. The molecule has 1 aliphatic rings. The molecule has 1 unspecified atom stereocenters. The number of benzene rings is 2. The molecule has 1 heterocycles. The fourth-order valence-electron chi connectivity index (χ4n) is 3.72. The fraction of sp³-hybridized carbons (Fsp3) is 0.391. The summed E-state index contributed by atoms with van der Waals surface area (Å²) in [5.41, 5.74) is 1.47. The highest BCUT2D eigenvalue weighted by atomic mass is 35.5. The van der Waals surface area contributed by atoms with Gasteiger partial charge in [0.15, 0.2) is 0 Å². The van der Waals surface area contributed by atoms with Crippen LogP contribution in [0.3, 0.4) is 0 Å². The molecule has 6 nitrogen and oxygen atoms in total. The Hall–Kier alpha value is -2.41. The van der Waals surface area contributed by atoms with E-state index in [1.54, 1.807) is 31.3 Å². The largest absolute Gasteiger partial charge is 0.388 e. The summed E-state index contributed by atoms with van der Waals surface area (Å²) in [6, 6.07) is 16.7. The Kier molecular flexibility index (Phi) is 7.85. The molecule has 2 aromatic rings. The molecule has 3 rings (SSSR count). The number of nitrogens with zero attached hydrogens (tertiary/aromatic N) is 2. The second-order valence-electron chi connectivity index (χ2n) is 7.75. The topological polar surface area (TPSA) is 72.9 Å². The predicted molar refractivity (Wildman–Crippen MR) is 118 cm³/mol. The van der Waals surface area contributed by atoms with E-state index >= 15 is 0 Å². The number of aliphatic hydroxyl groups excluding tert-OH is 1. The number of para-hydroxylation sites is 1. The molecule has 160 valence electrons. The van der Waals surface area contributed by atoms with Crippen molar-refractivity contribution in [1.29, 1.82) is 0 Å². The summed E-state index contributed by atoms with van der Waals surface area (Å²) in [5, 5.41) is 13.8. The van der Waals surface area contributed by atoms with Crippen molar-refractivity contribution in [3.8, 4) is 0 Å². The van der Waals surface area contributed by atoms with Crippen LogP contribution in [-0.4, -0.2) is 59.9 Å². The van der Waals surface area contributed by atoms with E-state index in [2.05, 4.69) is 10.2 Å². The number of aliphatic hydroxyl groups is 1. The monoisotopic (exact) mass is 429 g/mol. The van der Waals surface area contributed by atoms with Gasteiger partial charge in [0.2, 0.25) is 11.8 Å². The SMILES string of the molecule is CN(CC(=O)Nc1ccccc1Cl)C(=O)CN1CCC(C(O)c2ccccc2)CC1. The summed E-state index contributed by atoms with van der Waals surface area (Å²) < 4.78 is 0. The second-order valence-corrected chi connectivity index (χ2v) is 8.15. The number of nitrogens with one attached hydrogen (secondary N) is 1. The average molecular weight is 430 g/mol. The van der Waals surface area contributed by atoms with Crippen molar-refractivity contribution in [3.05, 3.63) is 65.2 Å². The molecule has 2 aromatic carbocycles. The van der Waals surface area contributed by atoms with E-state index in [0.29, 0.717) is 10.7 Å². The first-order chi connectivity index (χ1) is 14.4. The molecule has 7 heteroatoms. The Morgan fingerprint density at radius 2 is 1.77 bits per heavy atom. The lowest BCUT2D eigenvalue weighted by Crippen LogP contribution is -2.44. The van der Waals surface area contributed by atoms with Gasteiger partial charge >= 0.3 is 0 Å². The van der Waals surface area contributed by atoms with Crippen LogP contribution < -0.4 is 5.32 Å². The molecule has 2 amide bonds. The Bertz CT molecular complexity index is 854. The standard InChI is InChI=1S/C23H28ClN3O3/c1-26(15-21(28)25-20-10-6-5-9-19(20)24)22(29)16-27-13-11-18(12-14-27)23(30)17-7-3-2-4-8-17/h2-10,18,23,30H,11-16H2,1H3,(H,25,28). The molecule has 30 heavy (non-hydrogen) atoms. The minimum Gasteiger partial charge on any atom is -0.388 e. The Balaban J connectivity index is 1.42. The summed E-state index contributed by atoms with van der Waals surface area (Å²) in [5.74, 6) is -0.201. The molecule has 2 N–H and O–H groups in total. The first kappa shape index (κ1) is 22.3. The Morgan fingerprint density at radius 3 is 2.43 bits per heavy atom. The highest BCUT2D eigenvalue weighted by molar-refractivity contribution is 6.33. The number of hydrogen-bond acceptors (Lipinski definition) is 4. The van der Waals surface area contributed by atoms with Crippen LogP contribution in [0.2, 0.25) is 5.02 Å². The summed E-state index contributed by atoms with van der Waals surface area (Å²) in [6.07, 6.45) is 1.19. The van der Waals surface area contributed by atoms with Crippen LogP contribution in [0.15, 0.2) is 54.6 Å². The van der Waals surface area contributed by atoms with Crippen molar-refractivity contribution in [2.75, 3.05) is 38.5 Å². The van der Waals surface area contributed by atoms with E-state index in [-0.39, 0.29) is 30.8 Å². The van der Waals surface area contributed by atoms with Crippen molar-refractivity contribution in [2.45, 2.75) is 18.9 Å². The zero-order valence-corrected chi connectivity index (χ0v) is 17.9. The van der Waals surface area contributed by atoms with Crippen LogP contribution in [0.25, 0.3) is 0 Å². The van der Waals surface area contributed by atoms with Crippen molar-refractivity contribution < 1.29 is 14.7 Å². The van der Waals surface area contributed by atoms with E-state index in [4.69, 9.17) is 11.6 Å². The lowest BCUT2D eigenvalue weighted by atomic mass is 9.87. The lowest BCUT2D eigenvalue weighted by Gasteiger charge is -2.34. The number of amides is 2. The number of likely N-dealkylation sites (N-methyl/N-ethyl adjacent to an activating group) is 1. The van der Waals surface area contributed by atoms with Crippen molar-refractivity contribution in [2.24, 2.45) is 5.92 Å². The van der Waals surface area contributed by atoms with Crippen molar-refractivity contribution in [1.82, 2.24) is 9.80 Å². The molecule has 0 aliphatic carbocycles. The minimum atomic E-state index is -0.472. The van der Waals surface area contributed by atoms with E-state index in [0.717, 1.165) is 31.5 Å². The third-order valence-electron chi connectivity index (χ3n) is 5.53. The van der Waals surface area contributed by atoms with Gasteiger partial charge in [0, 0.05) is 7.05 Å². The van der Waals surface area contributed by atoms with Gasteiger partial charge in [-0.15, -0.1) is 0 Å². The average Bonchev–Trinajstić information content (AvgIpc) is 2.76. The van der Waals surface area contributed by atoms with E-state index in [1.165, 1.54) is 4.90 Å². The normalized spacial score (nSPS) is 16.1. The maximum absolute atomic E-state index is 12.5. The molecule has 0 spiro atoms. The minimum absolute atomic E-state index is 0.0345. The van der Waals surface area contributed by atoms with E-state index in [9.17, 15) is 14.7 Å². The zero-order valence-electron chi connectivity index (χ0n) is 17.1. The molecule has 1 fully saturated rings. The van der Waals surface area contributed by atoms with Gasteiger partial charge in [-0.25, -0.2) is 0 Å². The molecule has 1 saturated heterocycles. The summed E-state index contributed by atoms with van der Waals surface area (Å²) in [7, 11) is 1.63. The number of likely N-dealkylation sites (tertiary alicyclic amines) is 1. The summed E-state index contributed by atoms with van der Waals surface area (Å²) >= 11 is 6.05. The van der Waals surface area contributed by atoms with Crippen molar-refractivity contribution in [3.63, 3.8) is 0 Å². The number of carbonyl (C=O) groups excluding carboxylic acids is 2. The Labute approximate surface area is 182 Å². The number of anilines is 1. The molecule has 0 saturated carbocycles. The molecular formula is C23H28ClN3O3. The van der Waals surface area contributed by atoms with Gasteiger partial charge < -0.3 is 15.3 Å². The third-order valence-corrected chi connectivity index (χ3v) is 5.86. The van der Waals surface area contributed by atoms with Gasteiger partial charge in [0.1, 0.15) is 0 Å². The zero-order chi connectivity index (χ0) is 21.5. The quantitative estimate of drug-likeness (QED) is 0.709. The maximum atomic E-state index is 12.5. The van der Waals surface area contributed by atoms with E-state index < -0.39 is 6.10 Å². The fourth-order valence-corrected chi connectivity index (χ4v) is 3.90. The summed E-state index contributed by atoms with van der Waals surface area (Å²) in [6.45, 7) is 1.73. The Morgan fingerprint density at radius 1 is 1.13 bits per heavy atom. The van der Waals surface area contributed by atoms with Crippen LogP contribution in [0.4, 0.5) is 5.69 Å². The third kappa shape index (κ3) is 6.05. The van der Waals surface area contributed by atoms with Crippen LogP contribution in [0.1, 0.15) is 24.5 Å². The molecule has 0 aromatic heterocycles. The van der Waals surface area contributed by atoms with Gasteiger partial charge in [-0.05, 0) is 49.5 Å². The van der Waals surface area contributed by atoms with Gasteiger partial charge in [0.05, 0.1) is 29.9 Å². The highest BCUT2D eigenvalue weighted by Gasteiger charge is 2.27. The molecule has 0 radical (unpaired) electrons. The van der Waals surface area contributed by atoms with Gasteiger partial charge in [-0.2, -0.15) is 0 Å². The maximum Gasteiger partial charge on any atom is 0.244 e. The smallest absolute Gasteiger partial charge is 0.244 e. The first-order valence-corrected chi connectivity index (χ1v) is 10.6. The van der Waals surface area contributed by atoms with Gasteiger partial charge in [-0.1, -0.05) is 54.1 Å². The highest BCUT2D eigenvalue weighted by Crippen LogP contribution is 2.30. The molecule has 0 bridgehead atoms. The molecule has 1 atom stereocenters. The number of carbonyl (C=O) groups is 2. The van der Waals surface area contributed by atoms with Crippen molar-refractivity contribution >= 4 is 29.1 Å². The first-order valence-electron chi connectivity index (χ1n) is 10.2. The second kappa shape index (κ2) is 10.6.